The molecule has 0 bridgehead atoms. The Labute approximate surface area is 142 Å². The zero-order valence-electron chi connectivity index (χ0n) is 13.0. The quantitative estimate of drug-likeness (QED) is 0.591. The van der Waals surface area contributed by atoms with Crippen LogP contribution < -0.4 is 5.32 Å². The number of hydrogen-bond donors (Lipinski definition) is 1. The van der Waals surface area contributed by atoms with E-state index in [0.29, 0.717) is 0 Å². The van der Waals surface area contributed by atoms with Crippen LogP contribution in [0.1, 0.15) is 15.4 Å². The highest BCUT2D eigenvalue weighted by molar-refractivity contribution is 7.19. The molecule has 1 N–H and O–H groups in total. The maximum atomic E-state index is 4.68. The summed E-state index contributed by atoms with van der Waals surface area (Å²) in [6.07, 6.45) is 2.53. The number of rotatable bonds is 4. The molecule has 0 aliphatic heterocycles. The number of thiazole rings is 1. The smallest absolute Gasteiger partial charge is 0.138 e. The molecule has 23 heavy (non-hydrogen) atoms. The average Bonchev–Trinajstić information content (AvgIpc) is 3.09. The molecule has 116 valence electrons. The predicted octanol–water partition coefficient (Wildman–Crippen LogP) is 4.57. The Kier molecular flexibility index (Phi) is 3.71. The largest absolute Gasteiger partial charge is 0.369 e. The van der Waals surface area contributed by atoms with Gasteiger partial charge in [0.2, 0.25) is 0 Å². The van der Waals surface area contributed by atoms with Crippen LogP contribution in [-0.4, -0.2) is 21.5 Å². The minimum atomic E-state index is 0.820. The fourth-order valence-electron chi connectivity index (χ4n) is 2.63. The van der Waals surface area contributed by atoms with Crippen LogP contribution >= 0.6 is 22.7 Å². The van der Waals surface area contributed by atoms with Crippen molar-refractivity contribution in [3.63, 3.8) is 0 Å². The first kappa shape index (κ1) is 14.5. The fourth-order valence-corrected chi connectivity index (χ4v) is 4.59. The SMILES string of the molecule is Cc1sc2ncnc(NCCc3nc4ccccc4s3)c2c1C. The van der Waals surface area contributed by atoms with Gasteiger partial charge >= 0.3 is 0 Å². The molecule has 1 aromatic carbocycles. The number of anilines is 1. The summed E-state index contributed by atoms with van der Waals surface area (Å²) in [5.74, 6) is 0.929. The minimum Gasteiger partial charge on any atom is -0.369 e. The normalized spacial score (nSPS) is 11.4. The van der Waals surface area contributed by atoms with Gasteiger partial charge in [0.05, 0.1) is 20.6 Å². The molecule has 3 heterocycles. The summed E-state index contributed by atoms with van der Waals surface area (Å²) < 4.78 is 1.25. The third kappa shape index (κ3) is 2.68. The van der Waals surface area contributed by atoms with E-state index in [1.807, 2.05) is 6.07 Å². The summed E-state index contributed by atoms with van der Waals surface area (Å²) in [6, 6.07) is 8.27. The monoisotopic (exact) mass is 340 g/mol. The summed E-state index contributed by atoms with van der Waals surface area (Å²) in [7, 11) is 0. The van der Waals surface area contributed by atoms with Crippen molar-refractivity contribution in [2.24, 2.45) is 0 Å². The molecule has 4 nitrogen and oxygen atoms in total. The Hall–Kier alpha value is -2.05. The van der Waals surface area contributed by atoms with Gasteiger partial charge in [-0.3, -0.25) is 0 Å². The number of fused-ring (bicyclic) bond motifs is 2. The molecule has 0 amide bonds. The number of hydrogen-bond acceptors (Lipinski definition) is 6. The molecule has 0 atom stereocenters. The lowest BCUT2D eigenvalue weighted by Crippen LogP contribution is -2.06. The number of aromatic nitrogens is 3. The molecule has 0 saturated carbocycles. The number of nitrogens with zero attached hydrogens (tertiary/aromatic N) is 3. The third-order valence-corrected chi connectivity index (χ3v) is 6.15. The zero-order valence-corrected chi connectivity index (χ0v) is 14.6. The predicted molar refractivity (Wildman–Crippen MR) is 98.7 cm³/mol. The Morgan fingerprint density at radius 2 is 1.96 bits per heavy atom. The summed E-state index contributed by atoms with van der Waals surface area (Å²) >= 11 is 3.49. The lowest BCUT2D eigenvalue weighted by atomic mass is 10.2. The van der Waals surface area contributed by atoms with Gasteiger partial charge in [-0.2, -0.15) is 0 Å². The van der Waals surface area contributed by atoms with E-state index in [2.05, 4.69) is 52.3 Å². The lowest BCUT2D eigenvalue weighted by molar-refractivity contribution is 0.993. The van der Waals surface area contributed by atoms with E-state index in [4.69, 9.17) is 0 Å². The summed E-state index contributed by atoms with van der Waals surface area (Å²) in [5, 5.41) is 5.76. The molecule has 6 heteroatoms. The summed E-state index contributed by atoms with van der Waals surface area (Å²) in [4.78, 5) is 15.8. The molecular weight excluding hydrogens is 324 g/mol. The summed E-state index contributed by atoms with van der Waals surface area (Å²) in [5.41, 5.74) is 2.36. The first-order valence-corrected chi connectivity index (χ1v) is 9.14. The van der Waals surface area contributed by atoms with E-state index >= 15 is 0 Å². The van der Waals surface area contributed by atoms with Crippen molar-refractivity contribution in [2.45, 2.75) is 20.3 Å². The number of benzene rings is 1. The molecule has 0 aliphatic rings. The Morgan fingerprint density at radius 1 is 1.09 bits per heavy atom. The number of thiophene rings is 1. The number of nitrogens with one attached hydrogen (secondary N) is 1. The fraction of sp³-hybridized carbons (Fsp3) is 0.235. The molecule has 4 rings (SSSR count). The molecular formula is C17H16N4S2. The first-order valence-electron chi connectivity index (χ1n) is 7.51. The van der Waals surface area contributed by atoms with E-state index in [-0.39, 0.29) is 0 Å². The first-order chi connectivity index (χ1) is 11.2. The van der Waals surface area contributed by atoms with Crippen molar-refractivity contribution < 1.29 is 0 Å². The minimum absolute atomic E-state index is 0.820. The zero-order chi connectivity index (χ0) is 15.8. The van der Waals surface area contributed by atoms with Gasteiger partial charge in [-0.25, -0.2) is 15.0 Å². The highest BCUT2D eigenvalue weighted by Gasteiger charge is 2.11. The van der Waals surface area contributed by atoms with E-state index in [0.717, 1.165) is 39.5 Å². The maximum absolute atomic E-state index is 4.68. The molecule has 0 spiro atoms. The Bertz CT molecular complexity index is 954. The molecule has 3 aromatic heterocycles. The van der Waals surface area contributed by atoms with Crippen molar-refractivity contribution in [3.8, 4) is 0 Å². The second-order valence-electron chi connectivity index (χ2n) is 5.44. The van der Waals surface area contributed by atoms with Crippen molar-refractivity contribution >= 4 is 48.9 Å². The van der Waals surface area contributed by atoms with Gasteiger partial charge < -0.3 is 5.32 Å². The van der Waals surface area contributed by atoms with E-state index in [1.54, 1.807) is 29.0 Å². The van der Waals surface area contributed by atoms with Crippen molar-refractivity contribution in [3.05, 3.63) is 46.0 Å². The standard InChI is InChI=1S/C17H16N4S2/c1-10-11(2)22-17-15(10)16(19-9-20-17)18-8-7-14-21-12-5-3-4-6-13(12)23-14/h3-6,9H,7-8H2,1-2H3,(H,18,19,20). The van der Waals surface area contributed by atoms with Crippen LogP contribution in [0, 0.1) is 13.8 Å². The van der Waals surface area contributed by atoms with Crippen LogP contribution in [0.15, 0.2) is 30.6 Å². The van der Waals surface area contributed by atoms with Gasteiger partial charge in [-0.1, -0.05) is 12.1 Å². The third-order valence-electron chi connectivity index (χ3n) is 3.93. The topological polar surface area (TPSA) is 50.7 Å². The van der Waals surface area contributed by atoms with E-state index in [1.165, 1.54) is 15.1 Å². The number of aryl methyl sites for hydroxylation is 2. The molecule has 0 fully saturated rings. The molecule has 0 unspecified atom stereocenters. The Morgan fingerprint density at radius 3 is 2.83 bits per heavy atom. The van der Waals surface area contributed by atoms with E-state index in [9.17, 15) is 0 Å². The van der Waals surface area contributed by atoms with Crippen LogP contribution in [-0.2, 0) is 6.42 Å². The van der Waals surface area contributed by atoms with Gasteiger partial charge in [-0.05, 0) is 31.5 Å². The van der Waals surface area contributed by atoms with Crippen LogP contribution in [0.3, 0.4) is 0 Å². The van der Waals surface area contributed by atoms with Crippen LogP contribution in [0.4, 0.5) is 5.82 Å². The molecule has 0 aliphatic carbocycles. The molecule has 0 radical (unpaired) electrons. The van der Waals surface area contributed by atoms with Crippen molar-refractivity contribution in [2.75, 3.05) is 11.9 Å². The lowest BCUT2D eigenvalue weighted by Gasteiger charge is -2.06. The van der Waals surface area contributed by atoms with Crippen molar-refractivity contribution in [1.82, 2.24) is 15.0 Å². The van der Waals surface area contributed by atoms with Gasteiger partial charge in [0, 0.05) is 17.8 Å². The molecule has 4 aromatic rings. The molecule has 0 saturated heterocycles. The number of para-hydroxylation sites is 1. The van der Waals surface area contributed by atoms with Crippen LogP contribution in [0.2, 0.25) is 0 Å². The van der Waals surface area contributed by atoms with Gasteiger partial charge in [0.1, 0.15) is 17.0 Å². The highest BCUT2D eigenvalue weighted by atomic mass is 32.1. The van der Waals surface area contributed by atoms with Crippen molar-refractivity contribution in [1.29, 1.82) is 0 Å². The van der Waals surface area contributed by atoms with Crippen LogP contribution in [0.25, 0.3) is 20.4 Å². The second-order valence-corrected chi connectivity index (χ2v) is 7.76. The average molecular weight is 340 g/mol. The Balaban J connectivity index is 1.53. The van der Waals surface area contributed by atoms with Crippen LogP contribution in [0.5, 0.6) is 0 Å². The highest BCUT2D eigenvalue weighted by Crippen LogP contribution is 2.32. The summed E-state index contributed by atoms with van der Waals surface area (Å²) in [6.45, 7) is 5.09. The van der Waals surface area contributed by atoms with Gasteiger partial charge in [0.15, 0.2) is 0 Å². The van der Waals surface area contributed by atoms with Gasteiger partial charge in [0.25, 0.3) is 0 Å². The maximum Gasteiger partial charge on any atom is 0.138 e. The van der Waals surface area contributed by atoms with Gasteiger partial charge in [-0.15, -0.1) is 22.7 Å². The van der Waals surface area contributed by atoms with E-state index < -0.39 is 0 Å². The second kappa shape index (κ2) is 5.86.